The summed E-state index contributed by atoms with van der Waals surface area (Å²) in [5.74, 6) is 0.553. The van der Waals surface area contributed by atoms with E-state index in [-0.39, 0.29) is 0 Å². The molecule has 2 atom stereocenters. The summed E-state index contributed by atoms with van der Waals surface area (Å²) in [4.78, 5) is 0. The molecule has 0 spiro atoms. The van der Waals surface area contributed by atoms with E-state index in [0.29, 0.717) is 12.0 Å². The number of hydrogen-bond donors (Lipinski definition) is 0. The lowest BCUT2D eigenvalue weighted by Gasteiger charge is -2.24. The molecule has 0 saturated carbocycles. The van der Waals surface area contributed by atoms with E-state index in [1.54, 1.807) is 0 Å². The Labute approximate surface area is 91.6 Å². The van der Waals surface area contributed by atoms with Gasteiger partial charge in [-0.3, -0.25) is 5.01 Å². The highest BCUT2D eigenvalue weighted by Crippen LogP contribution is 2.33. The molecule has 1 aromatic rings. The first-order valence-electron chi connectivity index (χ1n) is 5.56. The van der Waals surface area contributed by atoms with Crippen molar-refractivity contribution in [2.24, 2.45) is 11.0 Å². The fraction of sp³-hybridized carbons (Fsp3) is 0.462. The van der Waals surface area contributed by atoms with E-state index in [4.69, 9.17) is 0 Å². The van der Waals surface area contributed by atoms with Crippen LogP contribution < -0.4 is 0 Å². The average molecular weight is 202 g/mol. The minimum absolute atomic E-state index is 0.426. The van der Waals surface area contributed by atoms with Gasteiger partial charge in [0.2, 0.25) is 0 Å². The number of hydrogen-bond acceptors (Lipinski definition) is 2. The second kappa shape index (κ2) is 4.05. The van der Waals surface area contributed by atoms with Gasteiger partial charge >= 0.3 is 0 Å². The number of hydrazone groups is 1. The highest BCUT2D eigenvalue weighted by Gasteiger charge is 2.28. The van der Waals surface area contributed by atoms with E-state index in [1.807, 2.05) is 0 Å². The highest BCUT2D eigenvalue weighted by molar-refractivity contribution is 5.64. The van der Waals surface area contributed by atoms with Gasteiger partial charge in [0.25, 0.3) is 0 Å². The molecule has 2 heteroatoms. The summed E-state index contributed by atoms with van der Waals surface area (Å²) in [5.41, 5.74) is 2.68. The standard InChI is InChI=1S/C13H18N2/c1-4-11-9-14-15(3)13(11)12-7-5-10(2)6-8-12/h5-9,11,13H,4H2,1-3H3. The molecule has 0 fully saturated rings. The minimum atomic E-state index is 0.426. The van der Waals surface area contributed by atoms with E-state index >= 15 is 0 Å². The zero-order valence-corrected chi connectivity index (χ0v) is 9.64. The number of rotatable bonds is 2. The molecule has 80 valence electrons. The molecule has 2 nitrogen and oxygen atoms in total. The summed E-state index contributed by atoms with van der Waals surface area (Å²) < 4.78 is 0. The molecule has 0 radical (unpaired) electrons. The van der Waals surface area contributed by atoms with Gasteiger partial charge in [0.1, 0.15) is 0 Å². The maximum absolute atomic E-state index is 4.38. The first-order chi connectivity index (χ1) is 7.22. The van der Waals surface area contributed by atoms with Crippen molar-refractivity contribution in [1.82, 2.24) is 5.01 Å². The Morgan fingerprint density at radius 1 is 1.27 bits per heavy atom. The average Bonchev–Trinajstić information content (AvgIpc) is 2.61. The molecular formula is C13H18N2. The van der Waals surface area contributed by atoms with Gasteiger partial charge < -0.3 is 0 Å². The minimum Gasteiger partial charge on any atom is -0.292 e. The fourth-order valence-electron chi connectivity index (χ4n) is 2.18. The van der Waals surface area contributed by atoms with Gasteiger partial charge in [-0.05, 0) is 18.9 Å². The summed E-state index contributed by atoms with van der Waals surface area (Å²) in [7, 11) is 2.05. The molecule has 0 bridgehead atoms. The summed E-state index contributed by atoms with van der Waals surface area (Å²) >= 11 is 0. The summed E-state index contributed by atoms with van der Waals surface area (Å²) in [6, 6.07) is 9.21. The monoisotopic (exact) mass is 202 g/mol. The maximum atomic E-state index is 4.38. The van der Waals surface area contributed by atoms with Crippen molar-refractivity contribution in [3.8, 4) is 0 Å². The quantitative estimate of drug-likeness (QED) is 0.720. The zero-order valence-electron chi connectivity index (χ0n) is 9.64. The van der Waals surface area contributed by atoms with Gasteiger partial charge in [-0.1, -0.05) is 36.8 Å². The van der Waals surface area contributed by atoms with Gasteiger partial charge in [-0.15, -0.1) is 0 Å². The van der Waals surface area contributed by atoms with E-state index in [9.17, 15) is 0 Å². The van der Waals surface area contributed by atoms with Crippen LogP contribution in [0.4, 0.5) is 0 Å². The third kappa shape index (κ3) is 1.89. The van der Waals surface area contributed by atoms with Crippen LogP contribution in [0.1, 0.15) is 30.5 Å². The summed E-state index contributed by atoms with van der Waals surface area (Å²) in [6.07, 6.45) is 3.22. The molecule has 0 saturated heterocycles. The van der Waals surface area contributed by atoms with Gasteiger partial charge in [-0.2, -0.15) is 5.10 Å². The second-order valence-electron chi connectivity index (χ2n) is 4.27. The Morgan fingerprint density at radius 2 is 1.93 bits per heavy atom. The SMILES string of the molecule is CCC1C=NN(C)C1c1ccc(C)cc1. The van der Waals surface area contributed by atoms with Crippen LogP contribution in [0, 0.1) is 12.8 Å². The molecule has 1 heterocycles. The van der Waals surface area contributed by atoms with Crippen LogP contribution in [0.25, 0.3) is 0 Å². The molecule has 0 aromatic heterocycles. The van der Waals surface area contributed by atoms with Crippen LogP contribution in [0.5, 0.6) is 0 Å². The van der Waals surface area contributed by atoms with Crippen LogP contribution in [0.2, 0.25) is 0 Å². The molecule has 2 rings (SSSR count). The molecule has 1 aliphatic heterocycles. The van der Waals surface area contributed by atoms with Gasteiger partial charge in [0.05, 0.1) is 6.04 Å². The lowest BCUT2D eigenvalue weighted by atomic mass is 9.92. The smallest absolute Gasteiger partial charge is 0.0794 e. The van der Waals surface area contributed by atoms with Gasteiger partial charge in [0, 0.05) is 19.2 Å². The van der Waals surface area contributed by atoms with Crippen molar-refractivity contribution in [3.05, 3.63) is 35.4 Å². The number of benzene rings is 1. The van der Waals surface area contributed by atoms with E-state index < -0.39 is 0 Å². The lowest BCUT2D eigenvalue weighted by molar-refractivity contribution is 0.247. The predicted octanol–water partition coefficient (Wildman–Crippen LogP) is 2.99. The fourth-order valence-corrected chi connectivity index (χ4v) is 2.18. The zero-order chi connectivity index (χ0) is 10.8. The Kier molecular flexibility index (Phi) is 2.76. The van der Waals surface area contributed by atoms with Crippen molar-refractivity contribution < 1.29 is 0 Å². The third-order valence-corrected chi connectivity index (χ3v) is 3.14. The predicted molar refractivity (Wildman–Crippen MR) is 64.0 cm³/mol. The van der Waals surface area contributed by atoms with Crippen LogP contribution >= 0.6 is 0 Å². The molecule has 1 aliphatic rings. The first kappa shape index (κ1) is 10.2. The Balaban J connectivity index is 2.26. The Hall–Kier alpha value is -1.31. The van der Waals surface area contributed by atoms with Crippen molar-refractivity contribution in [2.45, 2.75) is 26.3 Å². The van der Waals surface area contributed by atoms with Crippen LogP contribution in [-0.4, -0.2) is 18.3 Å². The number of aryl methyl sites for hydroxylation is 1. The molecule has 2 unspecified atom stereocenters. The van der Waals surface area contributed by atoms with Crippen LogP contribution in [-0.2, 0) is 0 Å². The van der Waals surface area contributed by atoms with Crippen molar-refractivity contribution >= 4 is 6.21 Å². The molecule has 15 heavy (non-hydrogen) atoms. The number of nitrogens with zero attached hydrogens (tertiary/aromatic N) is 2. The van der Waals surface area contributed by atoms with Crippen molar-refractivity contribution in [1.29, 1.82) is 0 Å². The van der Waals surface area contributed by atoms with E-state index in [2.05, 4.69) is 61.5 Å². The summed E-state index contributed by atoms with van der Waals surface area (Å²) in [6.45, 7) is 4.34. The molecule has 0 aliphatic carbocycles. The van der Waals surface area contributed by atoms with Crippen molar-refractivity contribution in [3.63, 3.8) is 0 Å². The van der Waals surface area contributed by atoms with Crippen molar-refractivity contribution in [2.75, 3.05) is 7.05 Å². The van der Waals surface area contributed by atoms with Crippen LogP contribution in [0.15, 0.2) is 29.4 Å². The molecular weight excluding hydrogens is 184 g/mol. The maximum Gasteiger partial charge on any atom is 0.0794 e. The van der Waals surface area contributed by atoms with Gasteiger partial charge in [0.15, 0.2) is 0 Å². The summed E-state index contributed by atoms with van der Waals surface area (Å²) in [5, 5.41) is 6.45. The van der Waals surface area contributed by atoms with E-state index in [0.717, 1.165) is 6.42 Å². The molecule has 0 amide bonds. The lowest BCUT2D eigenvalue weighted by Crippen LogP contribution is -2.20. The first-order valence-corrected chi connectivity index (χ1v) is 5.56. The molecule has 1 aromatic carbocycles. The molecule has 0 N–H and O–H groups in total. The Bertz CT molecular complexity index is 353. The second-order valence-corrected chi connectivity index (χ2v) is 4.27. The van der Waals surface area contributed by atoms with Crippen LogP contribution in [0.3, 0.4) is 0 Å². The third-order valence-electron chi connectivity index (χ3n) is 3.14. The Morgan fingerprint density at radius 3 is 2.53 bits per heavy atom. The van der Waals surface area contributed by atoms with Gasteiger partial charge in [-0.25, -0.2) is 0 Å². The highest BCUT2D eigenvalue weighted by atomic mass is 15.5. The normalized spacial score (nSPS) is 24.9. The van der Waals surface area contributed by atoms with E-state index in [1.165, 1.54) is 11.1 Å². The largest absolute Gasteiger partial charge is 0.292 e. The topological polar surface area (TPSA) is 15.6 Å².